The Morgan fingerprint density at radius 1 is 0.435 bits per heavy atom. The number of allylic oxidation sites excluding steroid dienone is 10. The van der Waals surface area contributed by atoms with Gasteiger partial charge in [0, 0.05) is 17.2 Å². The number of carbonyl (C=O) groups excluding carboxylic acids is 8. The normalized spacial score (nSPS) is 27.5. The van der Waals surface area contributed by atoms with Crippen molar-refractivity contribution in [1.29, 1.82) is 0 Å². The van der Waals surface area contributed by atoms with E-state index in [0.29, 0.717) is 43.1 Å². The van der Waals surface area contributed by atoms with Crippen molar-refractivity contribution in [2.75, 3.05) is 49.9 Å². The van der Waals surface area contributed by atoms with Gasteiger partial charge in [-0.1, -0.05) is 74.9 Å². The Bertz CT molecular complexity index is 2510. The molecule has 2 N–H and O–H groups in total. The minimum absolute atomic E-state index is 0.0328. The van der Waals surface area contributed by atoms with E-state index >= 15 is 0 Å². The first-order valence-electron chi connectivity index (χ1n) is 29.7. The third kappa shape index (κ3) is 29.1. The van der Waals surface area contributed by atoms with Crippen molar-refractivity contribution in [3.63, 3.8) is 0 Å². The van der Waals surface area contributed by atoms with Gasteiger partial charge in [-0.3, -0.25) is 28.8 Å². The molecule has 0 spiro atoms. The summed E-state index contributed by atoms with van der Waals surface area (Å²) in [5.74, 6) is -0.779. The van der Waals surface area contributed by atoms with Gasteiger partial charge in [0.05, 0.1) is 45.2 Å². The molecule has 4 rings (SSSR count). The number of carbonyl (C=O) groups is 8. The van der Waals surface area contributed by atoms with Crippen LogP contribution in [0, 0.1) is 69.0 Å². The summed E-state index contributed by atoms with van der Waals surface area (Å²) in [6.45, 7) is 53.9. The summed E-state index contributed by atoms with van der Waals surface area (Å²) >= 11 is 32.0. The molecule has 22 heteroatoms. The minimum Gasteiger partial charge on any atom is -0.462 e. The van der Waals surface area contributed by atoms with E-state index in [2.05, 4.69) is 78.9 Å². The zero-order valence-electron chi connectivity index (χ0n) is 54.4. The molecule has 0 aromatic rings. The molecule has 0 aliphatic heterocycles. The first-order valence-corrected chi connectivity index (χ1v) is 32.6. The highest BCUT2D eigenvalue weighted by Gasteiger charge is 2.51. The second kappa shape index (κ2) is 45.1. The molecule has 4 saturated carbocycles. The number of aliphatic hydroxyl groups is 2. The van der Waals surface area contributed by atoms with Crippen LogP contribution in [0.2, 0.25) is 0 Å². The topological polar surface area (TPSA) is 232 Å². The summed E-state index contributed by atoms with van der Waals surface area (Å²) in [5.41, 5.74) is -1.78. The maximum Gasteiger partial charge on any atom is 0.333 e. The third-order valence-electron chi connectivity index (χ3n) is 16.5. The molecule has 0 radical (unpaired) electrons. The average molecular weight is 1410 g/mol. The van der Waals surface area contributed by atoms with Gasteiger partial charge in [0.15, 0.2) is 0 Å². The van der Waals surface area contributed by atoms with Crippen molar-refractivity contribution in [2.24, 2.45) is 69.0 Å². The van der Waals surface area contributed by atoms with E-state index in [9.17, 15) is 48.6 Å². The summed E-state index contributed by atoms with van der Waals surface area (Å²) in [6.07, 6.45) is 20.0. The lowest BCUT2D eigenvalue weighted by Crippen LogP contribution is -2.36. The summed E-state index contributed by atoms with van der Waals surface area (Å²) in [7, 11) is 0. The van der Waals surface area contributed by atoms with Crippen LogP contribution in [0.5, 0.6) is 0 Å². The SMILES string of the molecule is C=C(C)C(=O)Cl.C=CC(=O)Cl.C=CC(=O)OC(CCl)COC(=O)C1(C)CC(C=C)CC1C=C.C=CC1CC(C=C)C(C)(C(=O)OCC(CCl)OC(=O)C(=C)C)C1.C=CC1CC(C=C)C(C)(C(=O)OCC(O)CCl)C1.C=CC1CC(C=C)C(C)(C(=O)OCC(O)CCl)C1. The van der Waals surface area contributed by atoms with Crippen LogP contribution >= 0.6 is 69.6 Å². The molecule has 0 heterocycles. The summed E-state index contributed by atoms with van der Waals surface area (Å²) < 4.78 is 31.1. The van der Waals surface area contributed by atoms with Crippen LogP contribution in [0.25, 0.3) is 0 Å². The predicted molar refractivity (Wildman–Crippen MR) is 369 cm³/mol. The van der Waals surface area contributed by atoms with Crippen LogP contribution in [0.4, 0.5) is 0 Å². The second-order valence-corrected chi connectivity index (χ2v) is 25.7. The Kier molecular flexibility index (Phi) is 43.6. The molecule has 16 nitrogen and oxygen atoms in total. The molecule has 16 unspecified atom stereocenters. The Balaban J connectivity index is 0. The standard InChI is InChI=1S/C18H25ClO4.C17H23ClO4.2C14H21ClO3.C4H5ClO.C3H3ClO/c1-6-13-8-14(7-2)18(5,9-13)17(21)22-11-15(10-19)23-16(20)12(3)4;1-5-12-8-13(6-2)17(4,9-12)16(20)21-11-14(10-18)22-15(19)7-3;2*1-4-10-6-11(5-2)14(3,7-10)13(17)18-9-12(16)8-15;1-3(2)4(5)6;1-2-3(4)5/h6-7,13-15H,1-3,8-11H2,4-5H3;5-7,12-14H,1-3,8-11H2,4H3;2*4-5,10-12,16H,1-2,6-9H2,3H3;1H2,2H3;2H,1H2. The van der Waals surface area contributed by atoms with Crippen LogP contribution in [0.15, 0.2) is 151 Å². The molecule has 516 valence electrons. The van der Waals surface area contributed by atoms with E-state index in [1.165, 1.54) is 0 Å². The van der Waals surface area contributed by atoms with E-state index in [4.69, 9.17) is 98.0 Å². The summed E-state index contributed by atoms with van der Waals surface area (Å²) in [5, 5.41) is 17.6. The molecule has 0 aromatic carbocycles. The molecule has 4 aliphatic rings. The lowest BCUT2D eigenvalue weighted by atomic mass is 9.79. The lowest BCUT2D eigenvalue weighted by Gasteiger charge is -2.28. The quantitative estimate of drug-likeness (QED) is 0.0170. The molecular weight excluding hydrogens is 1310 g/mol. The largest absolute Gasteiger partial charge is 0.462 e. The van der Waals surface area contributed by atoms with E-state index in [1.54, 1.807) is 26.0 Å². The molecule has 16 atom stereocenters. The molecule has 0 bridgehead atoms. The maximum atomic E-state index is 12.5. The second-order valence-electron chi connectivity index (χ2n) is 23.7. The highest BCUT2D eigenvalue weighted by molar-refractivity contribution is 6.67. The number of hydrogen-bond acceptors (Lipinski definition) is 16. The fraction of sp³-hybridized carbons (Fsp3) is 0.543. The Hall–Kier alpha value is -5.30. The van der Waals surface area contributed by atoms with Crippen molar-refractivity contribution >= 4 is 116 Å². The van der Waals surface area contributed by atoms with Gasteiger partial charge < -0.3 is 38.6 Å². The van der Waals surface area contributed by atoms with Crippen LogP contribution in [-0.2, 0) is 66.8 Å². The van der Waals surface area contributed by atoms with E-state index in [0.717, 1.165) is 37.8 Å². The maximum absolute atomic E-state index is 12.5. The zero-order valence-corrected chi connectivity index (χ0v) is 58.9. The predicted octanol–water partition coefficient (Wildman–Crippen LogP) is 14.3. The highest BCUT2D eigenvalue weighted by Crippen LogP contribution is 2.51. The fourth-order valence-corrected chi connectivity index (χ4v) is 11.1. The van der Waals surface area contributed by atoms with Gasteiger partial charge in [-0.25, -0.2) is 9.59 Å². The highest BCUT2D eigenvalue weighted by atomic mass is 35.5. The van der Waals surface area contributed by atoms with Crippen molar-refractivity contribution in [3.05, 3.63) is 151 Å². The number of alkyl halides is 4. The smallest absolute Gasteiger partial charge is 0.333 e. The fourth-order valence-electron chi connectivity index (χ4n) is 10.7. The van der Waals surface area contributed by atoms with Crippen molar-refractivity contribution < 1.29 is 77.0 Å². The van der Waals surface area contributed by atoms with Crippen LogP contribution in [0.1, 0.15) is 92.9 Å². The van der Waals surface area contributed by atoms with Gasteiger partial charge in [-0.15, -0.1) is 99.0 Å². The Morgan fingerprint density at radius 2 is 0.685 bits per heavy atom. The van der Waals surface area contributed by atoms with E-state index in [1.807, 2.05) is 64.2 Å². The molecule has 0 aromatic heterocycles. The molecule has 92 heavy (non-hydrogen) atoms. The number of aliphatic hydroxyl groups excluding tert-OH is 2. The van der Waals surface area contributed by atoms with Crippen LogP contribution < -0.4 is 0 Å². The summed E-state index contributed by atoms with van der Waals surface area (Å²) in [6, 6.07) is 0. The monoisotopic (exact) mass is 1400 g/mol. The average Bonchev–Trinajstić information content (AvgIpc) is 1.68. The van der Waals surface area contributed by atoms with E-state index in [-0.39, 0.29) is 115 Å². The van der Waals surface area contributed by atoms with Crippen molar-refractivity contribution in [1.82, 2.24) is 0 Å². The van der Waals surface area contributed by atoms with E-state index < -0.39 is 68.5 Å². The Morgan fingerprint density at radius 3 is 0.870 bits per heavy atom. The number of halogens is 6. The van der Waals surface area contributed by atoms with Crippen molar-refractivity contribution in [2.45, 2.75) is 117 Å². The van der Waals surface area contributed by atoms with Gasteiger partial charge in [0.2, 0.25) is 10.5 Å². The van der Waals surface area contributed by atoms with Gasteiger partial charge >= 0.3 is 35.8 Å². The molecule has 0 amide bonds. The molecule has 4 fully saturated rings. The number of rotatable bonds is 30. The third-order valence-corrected chi connectivity index (χ3v) is 18.3. The van der Waals surface area contributed by atoms with Gasteiger partial charge in [0.25, 0.3) is 0 Å². The van der Waals surface area contributed by atoms with Crippen LogP contribution in [0.3, 0.4) is 0 Å². The number of hydrogen-bond donors (Lipinski definition) is 2. The van der Waals surface area contributed by atoms with Crippen molar-refractivity contribution in [3.8, 4) is 0 Å². The first-order chi connectivity index (χ1) is 43.0. The molecular formula is C70H98Cl6O16. The molecule has 0 saturated heterocycles. The minimum atomic E-state index is -0.807. The molecule has 4 aliphatic carbocycles. The van der Waals surface area contributed by atoms with Gasteiger partial charge in [-0.2, -0.15) is 0 Å². The first kappa shape index (κ1) is 88.8. The van der Waals surface area contributed by atoms with Gasteiger partial charge in [-0.05, 0) is 170 Å². The Labute approximate surface area is 576 Å². The zero-order chi connectivity index (χ0) is 71.3. The number of ether oxygens (including phenoxy) is 6. The summed E-state index contributed by atoms with van der Waals surface area (Å²) in [4.78, 5) is 91.3. The lowest BCUT2D eigenvalue weighted by molar-refractivity contribution is -0.163. The van der Waals surface area contributed by atoms with Gasteiger partial charge in [0.1, 0.15) is 50.8 Å². The van der Waals surface area contributed by atoms with Crippen LogP contribution in [-0.4, -0.2) is 131 Å². The number of esters is 6.